The van der Waals surface area contributed by atoms with Gasteiger partial charge in [0.05, 0.1) is 6.61 Å². The van der Waals surface area contributed by atoms with E-state index >= 15 is 0 Å². The van der Waals surface area contributed by atoms with Gasteiger partial charge in [0.1, 0.15) is 5.75 Å². The molecule has 0 saturated heterocycles. The van der Waals surface area contributed by atoms with Gasteiger partial charge in [0.2, 0.25) is 0 Å². The number of hydrogen-bond donors (Lipinski definition) is 0. The molecule has 0 fully saturated rings. The molecular formula is C13H15ClO. The Morgan fingerprint density at radius 2 is 2.40 bits per heavy atom. The zero-order valence-corrected chi connectivity index (χ0v) is 9.68. The molecule has 0 atom stereocenters. The lowest BCUT2D eigenvalue weighted by molar-refractivity contribution is 0.356. The highest BCUT2D eigenvalue weighted by atomic mass is 35.5. The van der Waals surface area contributed by atoms with Crippen molar-refractivity contribution in [1.82, 2.24) is 0 Å². The van der Waals surface area contributed by atoms with Crippen molar-refractivity contribution in [3.05, 3.63) is 35.4 Å². The summed E-state index contributed by atoms with van der Waals surface area (Å²) in [5.41, 5.74) is 3.80. The van der Waals surface area contributed by atoms with Gasteiger partial charge in [0.15, 0.2) is 0 Å². The van der Waals surface area contributed by atoms with Gasteiger partial charge in [0.25, 0.3) is 0 Å². The van der Waals surface area contributed by atoms with Gasteiger partial charge in [-0.3, -0.25) is 0 Å². The number of allylic oxidation sites excluding steroid dienone is 2. The number of rotatable bonds is 3. The molecule has 2 rings (SSSR count). The minimum Gasteiger partial charge on any atom is -0.492 e. The van der Waals surface area contributed by atoms with Crippen LogP contribution in [0.2, 0.25) is 0 Å². The molecule has 1 aliphatic rings. The number of ether oxygens (including phenoxy) is 1. The Balaban J connectivity index is 2.32. The fourth-order valence-corrected chi connectivity index (χ4v) is 2.02. The van der Waals surface area contributed by atoms with E-state index in [1.165, 1.54) is 16.7 Å². The number of hydrogen-bond acceptors (Lipinski definition) is 1. The zero-order valence-electron chi connectivity index (χ0n) is 8.92. The summed E-state index contributed by atoms with van der Waals surface area (Å²) < 4.78 is 5.66. The molecule has 0 saturated carbocycles. The topological polar surface area (TPSA) is 9.23 Å². The van der Waals surface area contributed by atoms with E-state index in [0.717, 1.165) is 25.2 Å². The first kappa shape index (κ1) is 10.6. The van der Waals surface area contributed by atoms with Gasteiger partial charge in [-0.05, 0) is 24.5 Å². The van der Waals surface area contributed by atoms with Crippen LogP contribution >= 0.6 is 11.6 Å². The molecule has 0 radical (unpaired) electrons. The highest BCUT2D eigenvalue weighted by Crippen LogP contribution is 2.33. The summed E-state index contributed by atoms with van der Waals surface area (Å²) in [6, 6.07) is 6.35. The van der Waals surface area contributed by atoms with Crippen molar-refractivity contribution >= 4 is 17.2 Å². The lowest BCUT2D eigenvalue weighted by atomic mass is 10.0. The predicted molar refractivity (Wildman–Crippen MR) is 64.6 cm³/mol. The standard InChI is InChI=1S/C13H15ClO/c1-10(4-3-8-14)12-6-2-5-11-7-9-15-13(11)12/h2,4-6H,3,7-9H2,1H3/b10-4-. The Morgan fingerprint density at radius 3 is 3.20 bits per heavy atom. The second kappa shape index (κ2) is 4.71. The molecule has 0 spiro atoms. The SMILES string of the molecule is C/C(=C/CCCl)c1cccc2c1OCC2. The quantitative estimate of drug-likeness (QED) is 0.710. The van der Waals surface area contributed by atoms with Crippen molar-refractivity contribution in [2.24, 2.45) is 0 Å². The molecule has 1 heterocycles. The molecule has 1 nitrogen and oxygen atoms in total. The highest BCUT2D eigenvalue weighted by molar-refractivity contribution is 6.17. The molecular weight excluding hydrogens is 208 g/mol. The Labute approximate surface area is 95.7 Å². The maximum atomic E-state index is 5.67. The van der Waals surface area contributed by atoms with E-state index in [1.807, 2.05) is 0 Å². The summed E-state index contributed by atoms with van der Waals surface area (Å²) in [5.74, 6) is 1.74. The van der Waals surface area contributed by atoms with E-state index in [1.54, 1.807) is 0 Å². The molecule has 0 unspecified atom stereocenters. The van der Waals surface area contributed by atoms with Crippen LogP contribution in [0.5, 0.6) is 5.75 Å². The Kier molecular flexibility index (Phi) is 3.32. The number of fused-ring (bicyclic) bond motifs is 1. The van der Waals surface area contributed by atoms with Gasteiger partial charge in [-0.25, -0.2) is 0 Å². The molecule has 1 aromatic carbocycles. The van der Waals surface area contributed by atoms with Crippen molar-refractivity contribution in [3.8, 4) is 5.75 Å². The summed E-state index contributed by atoms with van der Waals surface area (Å²) in [5, 5.41) is 0. The Bertz CT molecular complexity index is 382. The van der Waals surface area contributed by atoms with Crippen LogP contribution in [0, 0.1) is 0 Å². The first-order valence-electron chi connectivity index (χ1n) is 5.30. The first-order chi connectivity index (χ1) is 7.33. The minimum atomic E-state index is 0.674. The molecule has 0 amide bonds. The van der Waals surface area contributed by atoms with Crippen molar-refractivity contribution in [3.63, 3.8) is 0 Å². The molecule has 0 aromatic heterocycles. The normalized spacial score (nSPS) is 14.9. The highest BCUT2D eigenvalue weighted by Gasteiger charge is 2.15. The molecule has 1 aliphatic heterocycles. The molecule has 80 valence electrons. The van der Waals surface area contributed by atoms with E-state index in [4.69, 9.17) is 16.3 Å². The van der Waals surface area contributed by atoms with Gasteiger partial charge < -0.3 is 4.74 Å². The first-order valence-corrected chi connectivity index (χ1v) is 5.84. The molecule has 2 heteroatoms. The van der Waals surface area contributed by atoms with Gasteiger partial charge in [-0.2, -0.15) is 0 Å². The third-order valence-electron chi connectivity index (χ3n) is 2.70. The van der Waals surface area contributed by atoms with Gasteiger partial charge >= 0.3 is 0 Å². The predicted octanol–water partition coefficient (Wildman–Crippen LogP) is 3.65. The summed E-state index contributed by atoms with van der Waals surface area (Å²) in [4.78, 5) is 0. The van der Waals surface area contributed by atoms with Crippen LogP contribution < -0.4 is 4.74 Å². The van der Waals surface area contributed by atoms with E-state index < -0.39 is 0 Å². The molecule has 0 N–H and O–H groups in total. The third kappa shape index (κ3) is 2.18. The van der Waals surface area contributed by atoms with Crippen LogP contribution in [0.25, 0.3) is 5.57 Å². The largest absolute Gasteiger partial charge is 0.492 e. The van der Waals surface area contributed by atoms with Crippen molar-refractivity contribution in [1.29, 1.82) is 0 Å². The Morgan fingerprint density at radius 1 is 1.53 bits per heavy atom. The maximum Gasteiger partial charge on any atom is 0.130 e. The number of benzene rings is 1. The summed E-state index contributed by atoms with van der Waals surface area (Å²) in [7, 11) is 0. The second-order valence-electron chi connectivity index (χ2n) is 3.76. The molecule has 15 heavy (non-hydrogen) atoms. The van der Waals surface area contributed by atoms with Crippen LogP contribution in [0.3, 0.4) is 0 Å². The second-order valence-corrected chi connectivity index (χ2v) is 4.14. The van der Waals surface area contributed by atoms with E-state index in [0.29, 0.717) is 5.88 Å². The summed E-state index contributed by atoms with van der Waals surface area (Å²) in [6.45, 7) is 2.93. The van der Waals surface area contributed by atoms with Crippen molar-refractivity contribution in [2.75, 3.05) is 12.5 Å². The zero-order chi connectivity index (χ0) is 10.7. The van der Waals surface area contributed by atoms with E-state index in [-0.39, 0.29) is 0 Å². The molecule has 0 aliphatic carbocycles. The fraction of sp³-hybridized carbons (Fsp3) is 0.385. The minimum absolute atomic E-state index is 0.674. The number of alkyl halides is 1. The van der Waals surface area contributed by atoms with Crippen LogP contribution in [-0.2, 0) is 6.42 Å². The van der Waals surface area contributed by atoms with Crippen LogP contribution in [0.15, 0.2) is 24.3 Å². The molecule has 0 bridgehead atoms. The Hall–Kier alpha value is -0.950. The summed E-state index contributed by atoms with van der Waals surface area (Å²) >= 11 is 5.67. The monoisotopic (exact) mass is 222 g/mol. The van der Waals surface area contributed by atoms with Crippen molar-refractivity contribution < 1.29 is 4.74 Å². The van der Waals surface area contributed by atoms with Crippen LogP contribution in [-0.4, -0.2) is 12.5 Å². The van der Waals surface area contributed by atoms with Gasteiger partial charge in [-0.15, -0.1) is 11.6 Å². The van der Waals surface area contributed by atoms with E-state index in [2.05, 4.69) is 31.2 Å². The fourth-order valence-electron chi connectivity index (χ4n) is 1.91. The van der Waals surface area contributed by atoms with Gasteiger partial charge in [0, 0.05) is 17.9 Å². The van der Waals surface area contributed by atoms with Gasteiger partial charge in [-0.1, -0.05) is 24.3 Å². The lowest BCUT2D eigenvalue weighted by Gasteiger charge is -2.08. The van der Waals surface area contributed by atoms with Crippen LogP contribution in [0.4, 0.5) is 0 Å². The maximum absolute atomic E-state index is 5.67. The number of para-hydroxylation sites is 1. The third-order valence-corrected chi connectivity index (χ3v) is 2.92. The van der Waals surface area contributed by atoms with Crippen LogP contribution in [0.1, 0.15) is 24.5 Å². The van der Waals surface area contributed by atoms with Crippen molar-refractivity contribution in [2.45, 2.75) is 19.8 Å². The van der Waals surface area contributed by atoms with E-state index in [9.17, 15) is 0 Å². The summed E-state index contributed by atoms with van der Waals surface area (Å²) in [6.07, 6.45) is 4.12. The molecule has 1 aromatic rings. The number of halogens is 1. The average Bonchev–Trinajstić information content (AvgIpc) is 2.73. The smallest absolute Gasteiger partial charge is 0.130 e. The lowest BCUT2D eigenvalue weighted by Crippen LogP contribution is -1.90. The average molecular weight is 223 g/mol.